The molecule has 2 aromatic carbocycles. The molecule has 0 aliphatic rings. The fraction of sp³-hybridized carbons (Fsp3) is 0.316. The first-order valence-corrected chi connectivity index (χ1v) is 8.65. The molecule has 0 aliphatic carbocycles. The summed E-state index contributed by atoms with van der Waals surface area (Å²) < 4.78 is 57.0. The molecule has 0 bridgehead atoms. The molecule has 164 valence electrons. The lowest BCUT2D eigenvalue weighted by molar-refractivity contribution is -0.274. The smallest absolute Gasteiger partial charge is 0.493 e. The van der Waals surface area contributed by atoms with Gasteiger partial charge in [-0.3, -0.25) is 0 Å². The van der Waals surface area contributed by atoms with E-state index in [2.05, 4.69) is 15.4 Å². The van der Waals surface area contributed by atoms with Gasteiger partial charge < -0.3 is 34.7 Å². The first kappa shape index (κ1) is 22.9. The number of rotatable bonds is 9. The van der Waals surface area contributed by atoms with Gasteiger partial charge in [0.25, 0.3) is 0 Å². The number of nitrogens with one attached hydrogen (secondary N) is 2. The molecule has 0 heterocycles. The highest BCUT2D eigenvalue weighted by Crippen LogP contribution is 2.36. The maximum atomic E-state index is 12.4. The number of urea groups is 1. The van der Waals surface area contributed by atoms with Crippen molar-refractivity contribution in [1.29, 1.82) is 0 Å². The minimum Gasteiger partial charge on any atom is -0.493 e. The van der Waals surface area contributed by atoms with Crippen LogP contribution in [0.1, 0.15) is 0 Å². The first-order valence-electron chi connectivity index (χ1n) is 8.65. The van der Waals surface area contributed by atoms with Crippen molar-refractivity contribution in [3.8, 4) is 23.0 Å². The van der Waals surface area contributed by atoms with Crippen molar-refractivity contribution in [1.82, 2.24) is 5.32 Å². The Balaban J connectivity index is 1.88. The minimum absolute atomic E-state index is 0.183. The lowest BCUT2D eigenvalue weighted by Gasteiger charge is -2.17. The van der Waals surface area contributed by atoms with Crippen molar-refractivity contribution in [2.45, 2.75) is 12.5 Å². The van der Waals surface area contributed by atoms with Gasteiger partial charge in [-0.05, 0) is 24.3 Å². The number of anilines is 1. The third-order valence-electron chi connectivity index (χ3n) is 3.66. The Kier molecular flexibility index (Phi) is 7.98. The van der Waals surface area contributed by atoms with Crippen molar-refractivity contribution >= 4 is 11.7 Å². The maximum Gasteiger partial charge on any atom is 0.573 e. The molecule has 0 unspecified atom stereocenters. The van der Waals surface area contributed by atoms with E-state index in [1.165, 1.54) is 32.4 Å². The van der Waals surface area contributed by atoms with Gasteiger partial charge in [0, 0.05) is 6.54 Å². The van der Waals surface area contributed by atoms with E-state index >= 15 is 0 Å². The van der Waals surface area contributed by atoms with Crippen LogP contribution in [0.5, 0.6) is 23.0 Å². The van der Waals surface area contributed by atoms with Crippen LogP contribution < -0.4 is 29.6 Å². The predicted octanol–water partition coefficient (Wildman–Crippen LogP) is 3.16. The van der Waals surface area contributed by atoms with Gasteiger partial charge in [0.2, 0.25) is 5.75 Å². The van der Waals surface area contributed by atoms with Crippen molar-refractivity contribution in [2.75, 3.05) is 32.7 Å². The highest BCUT2D eigenvalue weighted by molar-refractivity contribution is 5.90. The molecule has 0 aromatic heterocycles. The zero-order valence-corrected chi connectivity index (χ0v) is 16.2. The van der Waals surface area contributed by atoms with Crippen molar-refractivity contribution in [3.63, 3.8) is 0 Å². The Hall–Kier alpha value is -3.34. The van der Waals surface area contributed by atoms with Gasteiger partial charge in [-0.25, -0.2) is 4.79 Å². The number of ether oxygens (including phenoxy) is 4. The predicted molar refractivity (Wildman–Crippen MR) is 101 cm³/mol. The first-order chi connectivity index (χ1) is 14.2. The summed E-state index contributed by atoms with van der Waals surface area (Å²) in [4.78, 5) is 12.0. The van der Waals surface area contributed by atoms with E-state index < -0.39 is 24.2 Å². The summed E-state index contributed by atoms with van der Waals surface area (Å²) in [7, 11) is 2.90. The van der Waals surface area contributed by atoms with Crippen molar-refractivity contribution in [3.05, 3.63) is 42.5 Å². The van der Waals surface area contributed by atoms with Crippen LogP contribution in [0.15, 0.2) is 42.5 Å². The Morgan fingerprint density at radius 3 is 2.23 bits per heavy atom. The number of carbonyl (C=O) groups is 1. The molecule has 3 N–H and O–H groups in total. The molecule has 0 spiro atoms. The molecule has 1 atom stereocenters. The summed E-state index contributed by atoms with van der Waals surface area (Å²) in [5, 5.41) is 14.6. The zero-order chi connectivity index (χ0) is 22.1. The molecular formula is C19H21F3N2O6. The summed E-state index contributed by atoms with van der Waals surface area (Å²) in [6.45, 7) is -0.434. The minimum atomic E-state index is -4.90. The van der Waals surface area contributed by atoms with Crippen molar-refractivity contribution < 1.29 is 42.0 Å². The summed E-state index contributed by atoms with van der Waals surface area (Å²) in [5.74, 6) is 0.513. The fourth-order valence-electron chi connectivity index (χ4n) is 2.36. The normalized spacial score (nSPS) is 11.9. The van der Waals surface area contributed by atoms with E-state index in [-0.39, 0.29) is 24.6 Å². The number of amides is 2. The Bertz CT molecular complexity index is 825. The number of benzene rings is 2. The lowest BCUT2D eigenvalue weighted by Crippen LogP contribution is -2.37. The van der Waals surface area contributed by atoms with Crippen LogP contribution in [-0.2, 0) is 0 Å². The topological polar surface area (TPSA) is 98.3 Å². The lowest BCUT2D eigenvalue weighted by atomic mass is 10.3. The molecule has 30 heavy (non-hydrogen) atoms. The van der Waals surface area contributed by atoms with Gasteiger partial charge in [-0.15, -0.1) is 13.2 Å². The van der Waals surface area contributed by atoms with Gasteiger partial charge in [0.1, 0.15) is 12.7 Å². The van der Waals surface area contributed by atoms with Gasteiger partial charge in [-0.2, -0.15) is 0 Å². The van der Waals surface area contributed by atoms with Crippen LogP contribution in [-0.4, -0.2) is 51.0 Å². The number of hydrogen-bond donors (Lipinski definition) is 3. The second kappa shape index (κ2) is 10.4. The quantitative estimate of drug-likeness (QED) is 0.565. The maximum absolute atomic E-state index is 12.4. The van der Waals surface area contributed by atoms with Crippen LogP contribution >= 0.6 is 0 Å². The standard InChI is InChI=1S/C19H21F3N2O6/c1-27-15-8-5-9-16(28-2)17(15)29-11-12(25)10-23-18(26)24-13-6-3-4-7-14(13)30-19(20,21)22/h3-9,12,25H,10-11H2,1-2H3,(H2,23,24,26)/t12-/m0/s1. The van der Waals surface area contributed by atoms with Crippen LogP contribution in [0.2, 0.25) is 0 Å². The molecule has 0 fully saturated rings. The highest BCUT2D eigenvalue weighted by Gasteiger charge is 2.32. The molecule has 2 amide bonds. The number of para-hydroxylation sites is 3. The second-order valence-corrected chi connectivity index (χ2v) is 5.84. The van der Waals surface area contributed by atoms with E-state index in [1.807, 2.05) is 0 Å². The number of hydrogen-bond acceptors (Lipinski definition) is 6. The Labute approximate surface area is 170 Å². The molecule has 8 nitrogen and oxygen atoms in total. The second-order valence-electron chi connectivity index (χ2n) is 5.84. The van der Waals surface area contributed by atoms with E-state index in [9.17, 15) is 23.1 Å². The fourth-order valence-corrected chi connectivity index (χ4v) is 2.36. The molecule has 0 saturated carbocycles. The van der Waals surface area contributed by atoms with Crippen LogP contribution in [0, 0.1) is 0 Å². The molecule has 0 saturated heterocycles. The molecule has 2 rings (SSSR count). The monoisotopic (exact) mass is 430 g/mol. The summed E-state index contributed by atoms with van der Waals surface area (Å²) in [6.07, 6.45) is -6.02. The molecule has 11 heteroatoms. The number of aliphatic hydroxyl groups excluding tert-OH is 1. The zero-order valence-electron chi connectivity index (χ0n) is 16.2. The third-order valence-corrected chi connectivity index (χ3v) is 3.66. The number of methoxy groups -OCH3 is 2. The average Bonchev–Trinajstić information content (AvgIpc) is 2.70. The van der Waals surface area contributed by atoms with Crippen molar-refractivity contribution in [2.24, 2.45) is 0 Å². The number of carbonyl (C=O) groups excluding carboxylic acids is 1. The van der Waals surface area contributed by atoms with E-state index in [0.717, 1.165) is 6.07 Å². The average molecular weight is 430 g/mol. The number of halogens is 3. The van der Waals surface area contributed by atoms with Gasteiger partial charge in [0.05, 0.1) is 19.9 Å². The van der Waals surface area contributed by atoms with Crippen LogP contribution in [0.25, 0.3) is 0 Å². The van der Waals surface area contributed by atoms with Crippen LogP contribution in [0.3, 0.4) is 0 Å². The van der Waals surface area contributed by atoms with E-state index in [1.54, 1.807) is 18.2 Å². The summed E-state index contributed by atoms with van der Waals surface area (Å²) in [6, 6.07) is 9.24. The van der Waals surface area contributed by atoms with E-state index in [4.69, 9.17) is 14.2 Å². The number of alkyl halides is 3. The molecular weight excluding hydrogens is 409 g/mol. The Morgan fingerprint density at radius 2 is 1.63 bits per heavy atom. The summed E-state index contributed by atoms with van der Waals surface area (Å²) in [5.41, 5.74) is -0.183. The highest BCUT2D eigenvalue weighted by atomic mass is 19.4. The van der Waals surface area contributed by atoms with Gasteiger partial charge >= 0.3 is 12.4 Å². The molecule has 0 radical (unpaired) electrons. The molecule has 0 aliphatic heterocycles. The Morgan fingerprint density at radius 1 is 1.03 bits per heavy atom. The van der Waals surface area contributed by atoms with E-state index in [0.29, 0.717) is 11.5 Å². The molecule has 2 aromatic rings. The SMILES string of the molecule is COc1cccc(OC)c1OC[C@@H](O)CNC(=O)Nc1ccccc1OC(F)(F)F. The summed E-state index contributed by atoms with van der Waals surface area (Å²) >= 11 is 0. The number of aliphatic hydroxyl groups is 1. The van der Waals surface area contributed by atoms with Gasteiger partial charge in [-0.1, -0.05) is 18.2 Å². The largest absolute Gasteiger partial charge is 0.573 e. The third kappa shape index (κ3) is 6.92. The van der Waals surface area contributed by atoms with Gasteiger partial charge in [0.15, 0.2) is 17.2 Å². The van der Waals surface area contributed by atoms with Crippen LogP contribution in [0.4, 0.5) is 23.7 Å².